The number of nitrogens with zero attached hydrogens (tertiary/aromatic N) is 2. The first kappa shape index (κ1) is 16.8. The third-order valence-electron chi connectivity index (χ3n) is 3.53. The molecule has 0 heterocycles. The second-order valence-corrected chi connectivity index (χ2v) is 5.74. The number of carbonyl (C=O) groups excluding carboxylic acids is 1. The molecule has 0 aliphatic heterocycles. The fraction of sp³-hybridized carbons (Fsp3) is 0. The van der Waals surface area contributed by atoms with Gasteiger partial charge in [0.25, 0.3) is 0 Å². The van der Waals surface area contributed by atoms with Crippen molar-refractivity contribution in [2.45, 2.75) is 0 Å². The lowest BCUT2D eigenvalue weighted by atomic mass is 10.0. The van der Waals surface area contributed by atoms with Crippen LogP contribution >= 0.6 is 11.6 Å². The first-order chi connectivity index (χ1) is 12.2. The number of Topliss-reactive ketones (excluding diaryl/α,β-unsaturated/α-hetero) is 1. The molecule has 122 valence electrons. The fourth-order valence-corrected chi connectivity index (χ4v) is 2.38. The van der Waals surface area contributed by atoms with Crippen molar-refractivity contribution in [2.75, 3.05) is 0 Å². The number of ketones is 1. The maximum atomic E-state index is 12.8. The minimum Gasteiger partial charge on any atom is -0.287 e. The third kappa shape index (κ3) is 4.49. The first-order valence-electron chi connectivity index (χ1n) is 7.76. The molecule has 0 unspecified atom stereocenters. The minimum atomic E-state index is -0.167. The summed E-state index contributed by atoms with van der Waals surface area (Å²) in [5.74, 6) is -0.167. The van der Waals surface area contributed by atoms with Gasteiger partial charge in [-0.2, -0.15) is 5.10 Å². The second-order valence-electron chi connectivity index (χ2n) is 5.31. The van der Waals surface area contributed by atoms with Gasteiger partial charge in [-0.3, -0.25) is 4.79 Å². The maximum absolute atomic E-state index is 12.8. The summed E-state index contributed by atoms with van der Waals surface area (Å²) in [4.78, 5) is 12.8. The highest BCUT2D eigenvalue weighted by Crippen LogP contribution is 2.10. The quantitative estimate of drug-likeness (QED) is 0.362. The third-order valence-corrected chi connectivity index (χ3v) is 3.78. The summed E-state index contributed by atoms with van der Waals surface area (Å²) in [5.41, 5.74) is 2.46. The van der Waals surface area contributed by atoms with Crippen molar-refractivity contribution in [3.05, 3.63) is 107 Å². The highest BCUT2D eigenvalue weighted by Gasteiger charge is 2.15. The average molecular weight is 347 g/mol. The molecule has 3 aromatic rings. The van der Waals surface area contributed by atoms with Crippen LogP contribution in [0.25, 0.3) is 0 Å². The highest BCUT2D eigenvalue weighted by atomic mass is 35.5. The molecular formula is C21H15ClN2O. The Labute approximate surface area is 151 Å². The molecule has 3 nitrogen and oxygen atoms in total. The van der Waals surface area contributed by atoms with Crippen LogP contribution in [0.3, 0.4) is 0 Å². The van der Waals surface area contributed by atoms with E-state index in [0.29, 0.717) is 16.3 Å². The van der Waals surface area contributed by atoms with E-state index in [2.05, 4.69) is 10.2 Å². The lowest BCUT2D eigenvalue weighted by Crippen LogP contribution is -2.15. The SMILES string of the molecule is O=C(/C(=N/N=C/c1ccc(Cl)cc1)c1ccccc1)c1ccccc1. The van der Waals surface area contributed by atoms with E-state index in [9.17, 15) is 4.79 Å². The van der Waals surface area contributed by atoms with Gasteiger partial charge in [0.05, 0.1) is 6.21 Å². The number of hydrogen-bond acceptors (Lipinski definition) is 3. The molecule has 0 atom stereocenters. The molecule has 4 heteroatoms. The van der Waals surface area contributed by atoms with E-state index in [-0.39, 0.29) is 5.78 Å². The molecule has 0 aliphatic rings. The zero-order valence-corrected chi connectivity index (χ0v) is 14.1. The topological polar surface area (TPSA) is 41.8 Å². The summed E-state index contributed by atoms with van der Waals surface area (Å²) in [5, 5.41) is 8.94. The van der Waals surface area contributed by atoms with Gasteiger partial charge in [-0.15, -0.1) is 5.10 Å². The van der Waals surface area contributed by atoms with Crippen LogP contribution in [-0.4, -0.2) is 17.7 Å². The van der Waals surface area contributed by atoms with Crippen LogP contribution in [0.1, 0.15) is 21.5 Å². The number of benzene rings is 3. The van der Waals surface area contributed by atoms with Crippen molar-refractivity contribution in [3.8, 4) is 0 Å². The highest BCUT2D eigenvalue weighted by molar-refractivity contribution is 6.51. The largest absolute Gasteiger partial charge is 0.287 e. The molecule has 25 heavy (non-hydrogen) atoms. The Morgan fingerprint density at radius 1 is 0.760 bits per heavy atom. The van der Waals surface area contributed by atoms with Crippen LogP contribution < -0.4 is 0 Å². The smallest absolute Gasteiger partial charge is 0.213 e. The number of rotatable bonds is 5. The van der Waals surface area contributed by atoms with Gasteiger partial charge < -0.3 is 0 Å². The Hall–Kier alpha value is -3.04. The van der Waals surface area contributed by atoms with Crippen LogP contribution in [0.15, 0.2) is 95.1 Å². The van der Waals surface area contributed by atoms with E-state index in [1.807, 2.05) is 60.7 Å². The molecule has 0 bridgehead atoms. The van der Waals surface area contributed by atoms with E-state index >= 15 is 0 Å². The van der Waals surface area contributed by atoms with Crippen molar-refractivity contribution in [3.63, 3.8) is 0 Å². The van der Waals surface area contributed by atoms with Gasteiger partial charge in [-0.1, -0.05) is 84.4 Å². The number of halogens is 1. The molecule has 0 aromatic heterocycles. The van der Waals surface area contributed by atoms with Crippen LogP contribution in [0.5, 0.6) is 0 Å². The van der Waals surface area contributed by atoms with Gasteiger partial charge >= 0.3 is 0 Å². The summed E-state index contributed by atoms with van der Waals surface area (Å²) in [6.07, 6.45) is 1.59. The van der Waals surface area contributed by atoms with Crippen molar-refractivity contribution >= 4 is 29.3 Å². The molecule has 0 N–H and O–H groups in total. The Morgan fingerprint density at radius 3 is 1.92 bits per heavy atom. The van der Waals surface area contributed by atoms with Crippen molar-refractivity contribution in [2.24, 2.45) is 10.2 Å². The summed E-state index contributed by atoms with van der Waals surface area (Å²) < 4.78 is 0. The molecule has 0 fully saturated rings. The van der Waals surface area contributed by atoms with Crippen LogP contribution in [0.2, 0.25) is 5.02 Å². The molecule has 0 aliphatic carbocycles. The van der Waals surface area contributed by atoms with Gasteiger partial charge in [-0.05, 0) is 17.7 Å². The first-order valence-corrected chi connectivity index (χ1v) is 8.13. The number of hydrogen-bond donors (Lipinski definition) is 0. The van der Waals surface area contributed by atoms with Gasteiger partial charge in [0.15, 0.2) is 0 Å². The van der Waals surface area contributed by atoms with Gasteiger partial charge in [-0.25, -0.2) is 0 Å². The van der Waals surface area contributed by atoms with E-state index in [1.165, 1.54) is 0 Å². The van der Waals surface area contributed by atoms with Crippen molar-refractivity contribution in [1.82, 2.24) is 0 Å². The molecular weight excluding hydrogens is 332 g/mol. The number of carbonyl (C=O) groups is 1. The summed E-state index contributed by atoms with van der Waals surface area (Å²) in [7, 11) is 0. The molecule has 0 saturated carbocycles. The minimum absolute atomic E-state index is 0.167. The maximum Gasteiger partial charge on any atom is 0.213 e. The fourth-order valence-electron chi connectivity index (χ4n) is 2.26. The molecule has 0 saturated heterocycles. The molecule has 3 rings (SSSR count). The predicted octanol–water partition coefficient (Wildman–Crippen LogP) is 5.05. The predicted molar refractivity (Wildman–Crippen MR) is 103 cm³/mol. The Kier molecular flexibility index (Phi) is 5.50. The van der Waals surface area contributed by atoms with Gasteiger partial charge in [0.2, 0.25) is 5.78 Å². The van der Waals surface area contributed by atoms with Crippen molar-refractivity contribution < 1.29 is 4.79 Å². The second kappa shape index (κ2) is 8.18. The van der Waals surface area contributed by atoms with Gasteiger partial charge in [0.1, 0.15) is 5.71 Å². The Bertz CT molecular complexity index is 902. The summed E-state index contributed by atoms with van der Waals surface area (Å²) in [6.45, 7) is 0. The summed E-state index contributed by atoms with van der Waals surface area (Å²) in [6, 6.07) is 25.6. The average Bonchev–Trinajstić information content (AvgIpc) is 2.67. The Balaban J connectivity index is 1.94. The molecule has 0 spiro atoms. The van der Waals surface area contributed by atoms with Gasteiger partial charge in [0, 0.05) is 16.1 Å². The van der Waals surface area contributed by atoms with E-state index < -0.39 is 0 Å². The molecule has 0 amide bonds. The van der Waals surface area contributed by atoms with Crippen LogP contribution in [0.4, 0.5) is 0 Å². The van der Waals surface area contributed by atoms with E-state index in [4.69, 9.17) is 11.6 Å². The zero-order valence-electron chi connectivity index (χ0n) is 13.3. The van der Waals surface area contributed by atoms with Crippen molar-refractivity contribution in [1.29, 1.82) is 0 Å². The normalized spacial score (nSPS) is 11.6. The van der Waals surface area contributed by atoms with Crippen LogP contribution in [0, 0.1) is 0 Å². The lowest BCUT2D eigenvalue weighted by molar-refractivity contribution is 0.106. The lowest BCUT2D eigenvalue weighted by Gasteiger charge is -2.04. The monoisotopic (exact) mass is 346 g/mol. The Morgan fingerprint density at radius 2 is 1.32 bits per heavy atom. The molecule has 3 aromatic carbocycles. The molecule has 0 radical (unpaired) electrons. The van der Waals surface area contributed by atoms with Crippen LogP contribution in [-0.2, 0) is 0 Å². The van der Waals surface area contributed by atoms with E-state index in [1.54, 1.807) is 30.5 Å². The van der Waals surface area contributed by atoms with E-state index in [0.717, 1.165) is 11.1 Å². The standard InChI is InChI=1S/C21H15ClN2O/c22-19-13-11-16(12-14-19)15-23-24-20(17-7-3-1-4-8-17)21(25)18-9-5-2-6-10-18/h1-15H/b23-15+,24-20+. The summed E-state index contributed by atoms with van der Waals surface area (Å²) >= 11 is 5.87. The zero-order chi connectivity index (χ0) is 17.5.